The van der Waals surface area contributed by atoms with E-state index in [2.05, 4.69) is 22.3 Å². The number of nitrogens with one attached hydrogen (secondary N) is 1. The Balaban J connectivity index is 1.64. The zero-order valence-corrected chi connectivity index (χ0v) is 14.9. The topological polar surface area (TPSA) is 80.1 Å². The molecule has 1 fully saturated rings. The highest BCUT2D eigenvalue weighted by Crippen LogP contribution is 2.27. The molecule has 1 aromatic heterocycles. The number of halogens is 1. The van der Waals surface area contributed by atoms with E-state index < -0.39 is 15.8 Å². The van der Waals surface area contributed by atoms with Gasteiger partial charge in [-0.05, 0) is 30.5 Å². The lowest BCUT2D eigenvalue weighted by atomic mass is 10.1. The van der Waals surface area contributed by atoms with Crippen LogP contribution in [0.3, 0.4) is 0 Å². The van der Waals surface area contributed by atoms with Crippen LogP contribution in [0.5, 0.6) is 0 Å². The molecule has 1 aromatic carbocycles. The minimum atomic E-state index is -3.37. The first-order chi connectivity index (χ1) is 12.0. The first kappa shape index (κ1) is 17.8. The molecule has 0 aliphatic carbocycles. The van der Waals surface area contributed by atoms with Crippen LogP contribution < -0.4 is 9.62 Å². The molecule has 1 aliphatic heterocycles. The van der Waals surface area contributed by atoms with Crippen LogP contribution in [-0.2, 0) is 23.1 Å². The molecule has 0 spiro atoms. The Morgan fingerprint density at radius 2 is 2.24 bits per heavy atom. The van der Waals surface area contributed by atoms with E-state index in [1.165, 1.54) is 16.7 Å². The summed E-state index contributed by atoms with van der Waals surface area (Å²) < 4.78 is 41.2. The molecule has 1 aliphatic rings. The first-order valence-corrected chi connectivity index (χ1v) is 9.95. The maximum absolute atomic E-state index is 14.4. The highest BCUT2D eigenvalue weighted by atomic mass is 32.2. The van der Waals surface area contributed by atoms with Gasteiger partial charge in [-0.3, -0.25) is 8.99 Å². The molecular weight excluding hydrogens is 345 g/mol. The van der Waals surface area contributed by atoms with Gasteiger partial charge in [0, 0.05) is 19.1 Å². The second-order valence-electron chi connectivity index (χ2n) is 6.13. The van der Waals surface area contributed by atoms with Crippen LogP contribution in [0.15, 0.2) is 30.9 Å². The predicted octanol–water partition coefficient (Wildman–Crippen LogP) is 1.53. The van der Waals surface area contributed by atoms with E-state index in [1.54, 1.807) is 23.1 Å². The Bertz CT molecular complexity index is 810. The van der Waals surface area contributed by atoms with Crippen molar-refractivity contribution in [3.63, 3.8) is 0 Å². The van der Waals surface area contributed by atoms with Crippen molar-refractivity contribution in [3.05, 3.63) is 42.2 Å². The molecular formula is C16H22FN5O2S. The standard InChI is InChI=1S/C16H22FN5O2S/c1-2-14(10-21-12-18-11-20-21)19-9-13-4-5-16(15(17)8-13)22-6-3-7-25(22,23)24/h4-5,8,11-12,14,19H,2-3,6-7,9-10H2,1H3. The Morgan fingerprint density at radius 3 is 2.84 bits per heavy atom. The zero-order valence-electron chi connectivity index (χ0n) is 14.1. The number of rotatable bonds is 7. The third-order valence-electron chi connectivity index (χ3n) is 4.34. The van der Waals surface area contributed by atoms with Crippen LogP contribution in [-0.4, -0.2) is 41.5 Å². The lowest BCUT2D eigenvalue weighted by Crippen LogP contribution is -2.32. The van der Waals surface area contributed by atoms with Crippen molar-refractivity contribution in [2.24, 2.45) is 0 Å². The van der Waals surface area contributed by atoms with Gasteiger partial charge in [0.25, 0.3) is 0 Å². The van der Waals surface area contributed by atoms with Gasteiger partial charge in [0.1, 0.15) is 18.5 Å². The Morgan fingerprint density at radius 1 is 1.40 bits per heavy atom. The number of hydrogen-bond acceptors (Lipinski definition) is 5. The molecule has 0 saturated carbocycles. The van der Waals surface area contributed by atoms with Crippen molar-refractivity contribution >= 4 is 15.7 Å². The molecule has 1 N–H and O–H groups in total. The van der Waals surface area contributed by atoms with E-state index in [4.69, 9.17) is 0 Å². The monoisotopic (exact) mass is 367 g/mol. The average molecular weight is 367 g/mol. The van der Waals surface area contributed by atoms with Crippen LogP contribution >= 0.6 is 0 Å². The highest BCUT2D eigenvalue weighted by Gasteiger charge is 2.30. The van der Waals surface area contributed by atoms with Crippen LogP contribution in [0.4, 0.5) is 10.1 Å². The lowest BCUT2D eigenvalue weighted by molar-refractivity contribution is 0.413. The third-order valence-corrected chi connectivity index (χ3v) is 6.20. The van der Waals surface area contributed by atoms with Crippen LogP contribution in [0.25, 0.3) is 0 Å². The van der Waals surface area contributed by atoms with E-state index in [0.717, 1.165) is 12.0 Å². The number of benzene rings is 1. The third kappa shape index (κ3) is 4.16. The van der Waals surface area contributed by atoms with Crippen molar-refractivity contribution < 1.29 is 12.8 Å². The molecule has 7 nitrogen and oxygen atoms in total. The first-order valence-electron chi connectivity index (χ1n) is 8.34. The van der Waals surface area contributed by atoms with Crippen LogP contribution in [0.1, 0.15) is 25.3 Å². The molecule has 2 aromatic rings. The van der Waals surface area contributed by atoms with Crippen molar-refractivity contribution in [3.8, 4) is 0 Å². The van der Waals surface area contributed by atoms with Gasteiger partial charge in [-0.25, -0.2) is 17.8 Å². The normalized spacial score (nSPS) is 17.8. The number of anilines is 1. The summed E-state index contributed by atoms with van der Waals surface area (Å²) >= 11 is 0. The van der Waals surface area contributed by atoms with Gasteiger partial charge < -0.3 is 5.32 Å². The molecule has 136 valence electrons. The van der Waals surface area contributed by atoms with E-state index in [9.17, 15) is 12.8 Å². The van der Waals surface area contributed by atoms with Crippen LogP contribution in [0.2, 0.25) is 0 Å². The summed E-state index contributed by atoms with van der Waals surface area (Å²) in [6.07, 6.45) is 4.58. The van der Waals surface area contributed by atoms with Gasteiger partial charge in [0.2, 0.25) is 10.0 Å². The van der Waals surface area contributed by atoms with Gasteiger partial charge in [0.15, 0.2) is 0 Å². The van der Waals surface area contributed by atoms with Gasteiger partial charge in [-0.2, -0.15) is 5.10 Å². The quantitative estimate of drug-likeness (QED) is 0.803. The van der Waals surface area contributed by atoms with Gasteiger partial charge >= 0.3 is 0 Å². The van der Waals surface area contributed by atoms with Crippen molar-refractivity contribution in [2.45, 2.75) is 38.9 Å². The SMILES string of the molecule is CCC(Cn1cncn1)NCc1ccc(N2CCCS2(=O)=O)c(F)c1. The predicted molar refractivity (Wildman–Crippen MR) is 93.1 cm³/mol. The van der Waals surface area contributed by atoms with Crippen molar-refractivity contribution in [1.82, 2.24) is 20.1 Å². The van der Waals surface area contributed by atoms with Gasteiger partial charge in [-0.15, -0.1) is 0 Å². The molecule has 0 bridgehead atoms. The van der Waals surface area contributed by atoms with E-state index in [0.29, 0.717) is 26.1 Å². The largest absolute Gasteiger partial charge is 0.308 e. The number of hydrogen-bond donors (Lipinski definition) is 1. The van der Waals surface area contributed by atoms with Crippen molar-refractivity contribution in [2.75, 3.05) is 16.6 Å². The second-order valence-corrected chi connectivity index (χ2v) is 8.14. The molecule has 2 heterocycles. The summed E-state index contributed by atoms with van der Waals surface area (Å²) in [4.78, 5) is 3.92. The summed E-state index contributed by atoms with van der Waals surface area (Å²) in [6, 6.07) is 4.90. The fourth-order valence-corrected chi connectivity index (χ4v) is 4.50. The zero-order chi connectivity index (χ0) is 17.9. The number of aromatic nitrogens is 3. The maximum atomic E-state index is 14.4. The molecule has 9 heteroatoms. The Kier molecular flexibility index (Phi) is 5.33. The second kappa shape index (κ2) is 7.49. The maximum Gasteiger partial charge on any atom is 0.235 e. The van der Waals surface area contributed by atoms with Gasteiger partial charge in [0.05, 0.1) is 18.0 Å². The summed E-state index contributed by atoms with van der Waals surface area (Å²) in [7, 11) is -3.37. The molecule has 1 atom stereocenters. The number of nitrogens with zero attached hydrogens (tertiary/aromatic N) is 4. The summed E-state index contributed by atoms with van der Waals surface area (Å²) in [5, 5.41) is 7.45. The number of sulfonamides is 1. The van der Waals surface area contributed by atoms with E-state index in [-0.39, 0.29) is 17.5 Å². The summed E-state index contributed by atoms with van der Waals surface area (Å²) in [5.74, 6) is -0.426. The Labute approximate surface area is 146 Å². The fourth-order valence-electron chi connectivity index (χ4n) is 2.93. The molecule has 1 unspecified atom stereocenters. The van der Waals surface area contributed by atoms with Crippen LogP contribution in [0, 0.1) is 5.82 Å². The van der Waals surface area contributed by atoms with E-state index >= 15 is 0 Å². The Hall–Kier alpha value is -2.00. The summed E-state index contributed by atoms with van der Waals surface area (Å²) in [6.45, 7) is 3.59. The van der Waals surface area contributed by atoms with Gasteiger partial charge in [-0.1, -0.05) is 13.0 Å². The smallest absolute Gasteiger partial charge is 0.235 e. The fraction of sp³-hybridized carbons (Fsp3) is 0.500. The summed E-state index contributed by atoms with van der Waals surface area (Å²) in [5.41, 5.74) is 0.908. The average Bonchev–Trinajstić information content (AvgIpc) is 3.20. The molecule has 0 amide bonds. The molecule has 25 heavy (non-hydrogen) atoms. The van der Waals surface area contributed by atoms with Crippen molar-refractivity contribution in [1.29, 1.82) is 0 Å². The minimum absolute atomic E-state index is 0.0796. The highest BCUT2D eigenvalue weighted by molar-refractivity contribution is 7.93. The molecule has 3 rings (SSSR count). The molecule has 0 radical (unpaired) electrons. The molecule has 1 saturated heterocycles. The lowest BCUT2D eigenvalue weighted by Gasteiger charge is -2.19. The van der Waals surface area contributed by atoms with E-state index in [1.807, 2.05) is 0 Å². The minimum Gasteiger partial charge on any atom is -0.308 e.